The number of carbonyl (C=O) groups excluding carboxylic acids is 1. The third-order valence-electron chi connectivity index (χ3n) is 2.63. The fraction of sp³-hybridized carbons (Fsp3) is 0.214. The zero-order valence-electron chi connectivity index (χ0n) is 11.1. The van der Waals surface area contributed by atoms with Gasteiger partial charge in [-0.05, 0) is 12.1 Å². The molecule has 0 aliphatic heterocycles. The second-order valence-corrected chi connectivity index (χ2v) is 4.20. The highest BCUT2D eigenvalue weighted by Gasteiger charge is 2.06. The molecule has 0 radical (unpaired) electrons. The predicted octanol–water partition coefficient (Wildman–Crippen LogP) is 0.643. The lowest BCUT2D eigenvalue weighted by atomic mass is 10.2. The molecule has 0 unspecified atom stereocenters. The molecule has 0 aliphatic rings. The van der Waals surface area contributed by atoms with E-state index in [-0.39, 0.29) is 12.5 Å². The molecule has 0 saturated heterocycles. The number of amides is 1. The summed E-state index contributed by atoms with van der Waals surface area (Å²) in [6, 6.07) is 7.44. The molecule has 6 nitrogen and oxygen atoms in total. The molecule has 1 amide bonds. The number of hydrogen-bond donors (Lipinski definition) is 2. The van der Waals surface area contributed by atoms with Crippen LogP contribution in [0, 0.1) is 12.3 Å². The molecule has 1 aromatic carbocycles. The normalized spacial score (nSPS) is 10.0. The molecule has 20 heavy (non-hydrogen) atoms. The maximum atomic E-state index is 11.7. The molecular formula is C14H15N5O. The van der Waals surface area contributed by atoms with Crippen LogP contribution >= 0.6 is 0 Å². The Balaban J connectivity index is 2.05. The third kappa shape index (κ3) is 3.43. The van der Waals surface area contributed by atoms with Crippen LogP contribution in [0.3, 0.4) is 0 Å². The quantitative estimate of drug-likeness (QED) is 0.617. The number of nitrogens with one attached hydrogen (secondary N) is 2. The Morgan fingerprint density at radius 2 is 2.35 bits per heavy atom. The van der Waals surface area contributed by atoms with Gasteiger partial charge in [-0.1, -0.05) is 18.1 Å². The van der Waals surface area contributed by atoms with Crippen molar-refractivity contribution in [2.24, 2.45) is 7.05 Å². The van der Waals surface area contributed by atoms with E-state index in [0.717, 1.165) is 11.4 Å². The maximum absolute atomic E-state index is 11.7. The number of carbonyl (C=O) groups is 1. The second-order valence-electron chi connectivity index (χ2n) is 4.20. The van der Waals surface area contributed by atoms with E-state index in [9.17, 15) is 4.79 Å². The van der Waals surface area contributed by atoms with Crippen molar-refractivity contribution in [3.63, 3.8) is 0 Å². The molecular weight excluding hydrogens is 254 g/mol. The predicted molar refractivity (Wildman–Crippen MR) is 76.8 cm³/mol. The summed E-state index contributed by atoms with van der Waals surface area (Å²) in [6.45, 7) is 0.546. The van der Waals surface area contributed by atoms with Gasteiger partial charge < -0.3 is 9.88 Å². The molecule has 0 saturated carbocycles. The van der Waals surface area contributed by atoms with Crippen LogP contribution in [0.2, 0.25) is 0 Å². The van der Waals surface area contributed by atoms with Crippen LogP contribution in [0.25, 0.3) is 11.4 Å². The van der Waals surface area contributed by atoms with E-state index in [0.29, 0.717) is 12.2 Å². The van der Waals surface area contributed by atoms with E-state index >= 15 is 0 Å². The topological polar surface area (TPSA) is 71.8 Å². The summed E-state index contributed by atoms with van der Waals surface area (Å²) >= 11 is 0. The van der Waals surface area contributed by atoms with Gasteiger partial charge in [0.1, 0.15) is 6.33 Å². The number of terminal acetylenes is 1. The van der Waals surface area contributed by atoms with Crippen LogP contribution < -0.4 is 10.6 Å². The SMILES string of the molecule is C#CCNCC(=O)Nc1cccc(-c2nncn2C)c1. The van der Waals surface area contributed by atoms with E-state index in [1.165, 1.54) is 0 Å². The Morgan fingerprint density at radius 1 is 1.50 bits per heavy atom. The molecule has 0 aliphatic carbocycles. The first kappa shape index (κ1) is 13.8. The second kappa shape index (κ2) is 6.50. The molecule has 1 heterocycles. The van der Waals surface area contributed by atoms with E-state index in [4.69, 9.17) is 6.42 Å². The molecule has 0 spiro atoms. The van der Waals surface area contributed by atoms with E-state index in [2.05, 4.69) is 26.8 Å². The third-order valence-corrected chi connectivity index (χ3v) is 2.63. The Kier molecular flexibility index (Phi) is 4.47. The average molecular weight is 269 g/mol. The summed E-state index contributed by atoms with van der Waals surface area (Å²) in [7, 11) is 1.87. The molecule has 0 atom stereocenters. The zero-order valence-corrected chi connectivity index (χ0v) is 11.1. The number of aryl methyl sites for hydroxylation is 1. The van der Waals surface area contributed by atoms with Gasteiger partial charge in [0, 0.05) is 18.3 Å². The standard InChI is InChI=1S/C14H15N5O/c1-3-7-15-9-13(20)17-12-6-4-5-11(8-12)14-18-16-10-19(14)2/h1,4-6,8,10,15H,7,9H2,2H3,(H,17,20). The number of nitrogens with zero attached hydrogens (tertiary/aromatic N) is 3. The molecule has 2 N–H and O–H groups in total. The average Bonchev–Trinajstić information content (AvgIpc) is 2.85. The van der Waals surface area contributed by atoms with Crippen LogP contribution in [0.15, 0.2) is 30.6 Å². The van der Waals surface area contributed by atoms with E-state index in [1.807, 2.05) is 35.9 Å². The number of rotatable bonds is 5. The van der Waals surface area contributed by atoms with Gasteiger partial charge in [0.25, 0.3) is 0 Å². The van der Waals surface area contributed by atoms with E-state index in [1.54, 1.807) is 6.33 Å². The van der Waals surface area contributed by atoms with Crippen LogP contribution in [0.4, 0.5) is 5.69 Å². The molecule has 0 fully saturated rings. The summed E-state index contributed by atoms with van der Waals surface area (Å²) in [5.41, 5.74) is 1.59. The van der Waals surface area contributed by atoms with Gasteiger partial charge in [0.2, 0.25) is 5.91 Å². The monoisotopic (exact) mass is 269 g/mol. The molecule has 1 aromatic heterocycles. The molecule has 2 rings (SSSR count). The first-order chi connectivity index (χ1) is 9.70. The van der Waals surface area contributed by atoms with Gasteiger partial charge in [-0.15, -0.1) is 16.6 Å². The Hall–Kier alpha value is -2.65. The smallest absolute Gasteiger partial charge is 0.238 e. The summed E-state index contributed by atoms with van der Waals surface area (Å²) in [4.78, 5) is 11.7. The van der Waals surface area contributed by atoms with Crippen molar-refractivity contribution in [3.05, 3.63) is 30.6 Å². The van der Waals surface area contributed by atoms with Crippen molar-refractivity contribution < 1.29 is 4.79 Å². The number of aromatic nitrogens is 3. The number of hydrogen-bond acceptors (Lipinski definition) is 4. The van der Waals surface area contributed by atoms with Gasteiger partial charge in [-0.25, -0.2) is 0 Å². The van der Waals surface area contributed by atoms with Gasteiger partial charge >= 0.3 is 0 Å². The van der Waals surface area contributed by atoms with Gasteiger partial charge in [0.15, 0.2) is 5.82 Å². The minimum absolute atomic E-state index is 0.143. The maximum Gasteiger partial charge on any atom is 0.238 e. The van der Waals surface area contributed by atoms with Crippen molar-refractivity contribution >= 4 is 11.6 Å². The highest BCUT2D eigenvalue weighted by molar-refractivity contribution is 5.92. The number of anilines is 1. The lowest BCUT2D eigenvalue weighted by molar-refractivity contribution is -0.115. The van der Waals surface area contributed by atoms with Crippen LogP contribution in [0.1, 0.15) is 0 Å². The van der Waals surface area contributed by atoms with Crippen molar-refractivity contribution in [3.8, 4) is 23.7 Å². The van der Waals surface area contributed by atoms with Crippen molar-refractivity contribution in [1.82, 2.24) is 20.1 Å². The van der Waals surface area contributed by atoms with Crippen molar-refractivity contribution in [1.29, 1.82) is 0 Å². The summed E-state index contributed by atoms with van der Waals surface area (Å²) < 4.78 is 1.81. The highest BCUT2D eigenvalue weighted by Crippen LogP contribution is 2.19. The number of benzene rings is 1. The summed E-state index contributed by atoms with van der Waals surface area (Å²) in [6.07, 6.45) is 6.73. The van der Waals surface area contributed by atoms with Crippen LogP contribution in [-0.4, -0.2) is 33.8 Å². The largest absolute Gasteiger partial charge is 0.325 e. The molecule has 102 valence electrons. The van der Waals surface area contributed by atoms with Gasteiger partial charge in [-0.3, -0.25) is 10.1 Å². The Labute approximate surface area is 117 Å². The fourth-order valence-electron chi connectivity index (χ4n) is 1.73. The van der Waals surface area contributed by atoms with Gasteiger partial charge in [0.05, 0.1) is 13.1 Å². The molecule has 6 heteroatoms. The van der Waals surface area contributed by atoms with Crippen LogP contribution in [-0.2, 0) is 11.8 Å². The molecule has 0 bridgehead atoms. The minimum atomic E-state index is -0.143. The summed E-state index contributed by atoms with van der Waals surface area (Å²) in [5, 5.41) is 13.5. The lowest BCUT2D eigenvalue weighted by Gasteiger charge is -2.07. The van der Waals surface area contributed by atoms with Crippen LogP contribution in [0.5, 0.6) is 0 Å². The minimum Gasteiger partial charge on any atom is -0.325 e. The van der Waals surface area contributed by atoms with Gasteiger partial charge in [-0.2, -0.15) is 0 Å². The van der Waals surface area contributed by atoms with E-state index < -0.39 is 0 Å². The lowest BCUT2D eigenvalue weighted by Crippen LogP contribution is -2.28. The zero-order chi connectivity index (χ0) is 14.4. The Bertz CT molecular complexity index is 641. The Morgan fingerprint density at radius 3 is 3.05 bits per heavy atom. The summed E-state index contributed by atoms with van der Waals surface area (Å²) in [5.74, 6) is 3.01. The first-order valence-electron chi connectivity index (χ1n) is 6.09. The fourth-order valence-corrected chi connectivity index (χ4v) is 1.73. The first-order valence-corrected chi connectivity index (χ1v) is 6.09. The molecule has 2 aromatic rings. The van der Waals surface area contributed by atoms with Crippen molar-refractivity contribution in [2.75, 3.05) is 18.4 Å². The van der Waals surface area contributed by atoms with Crippen molar-refractivity contribution in [2.45, 2.75) is 0 Å². The highest BCUT2D eigenvalue weighted by atomic mass is 16.1.